The lowest BCUT2D eigenvalue weighted by molar-refractivity contribution is -0.135. The minimum Gasteiger partial charge on any atom is -0.356 e. The Balaban J connectivity index is 2.18. The Morgan fingerprint density at radius 2 is 1.81 bits per heavy atom. The number of nitrogens with one attached hydrogen (secondary N) is 2. The smallest absolute Gasteiger partial charge is 0.223 e. The van der Waals surface area contributed by atoms with Gasteiger partial charge in [-0.1, -0.05) is 19.8 Å². The highest BCUT2D eigenvalue weighted by Crippen LogP contribution is 2.18. The molecule has 1 heterocycles. The van der Waals surface area contributed by atoms with E-state index in [9.17, 15) is 9.59 Å². The average molecular weight is 297 g/mol. The number of hydrogen-bond donors (Lipinski definition) is 2. The molecule has 122 valence electrons. The molecule has 0 aromatic rings. The first kappa shape index (κ1) is 18.0. The molecule has 2 amide bonds. The van der Waals surface area contributed by atoms with Crippen LogP contribution < -0.4 is 10.6 Å². The fourth-order valence-electron chi connectivity index (χ4n) is 2.70. The molecule has 2 N–H and O–H groups in total. The topological polar surface area (TPSA) is 61.4 Å². The van der Waals surface area contributed by atoms with Crippen LogP contribution in [0.2, 0.25) is 0 Å². The van der Waals surface area contributed by atoms with E-state index in [0.717, 1.165) is 51.9 Å². The van der Waals surface area contributed by atoms with Crippen LogP contribution in [0.15, 0.2) is 0 Å². The van der Waals surface area contributed by atoms with Crippen LogP contribution in [0.1, 0.15) is 51.9 Å². The summed E-state index contributed by atoms with van der Waals surface area (Å²) in [6.45, 7) is 5.28. The Hall–Kier alpha value is -1.10. The third-order valence-electron chi connectivity index (χ3n) is 4.12. The number of carbonyl (C=O) groups is 2. The van der Waals surface area contributed by atoms with Crippen LogP contribution in [0, 0.1) is 5.92 Å². The molecule has 5 heteroatoms. The Labute approximate surface area is 128 Å². The van der Waals surface area contributed by atoms with Gasteiger partial charge >= 0.3 is 0 Å². The van der Waals surface area contributed by atoms with E-state index in [1.165, 1.54) is 12.8 Å². The number of carbonyl (C=O) groups excluding carboxylic acids is 2. The van der Waals surface area contributed by atoms with E-state index in [-0.39, 0.29) is 17.7 Å². The molecular weight excluding hydrogens is 266 g/mol. The number of likely N-dealkylation sites (tertiary alicyclic amines) is 1. The molecule has 5 nitrogen and oxygen atoms in total. The molecule has 0 aromatic heterocycles. The van der Waals surface area contributed by atoms with Gasteiger partial charge in [-0.25, -0.2) is 0 Å². The van der Waals surface area contributed by atoms with Crippen molar-refractivity contribution in [3.8, 4) is 0 Å². The van der Waals surface area contributed by atoms with E-state index in [1.807, 2.05) is 11.9 Å². The van der Waals surface area contributed by atoms with E-state index in [4.69, 9.17) is 0 Å². The Morgan fingerprint density at radius 3 is 2.43 bits per heavy atom. The molecule has 0 atom stereocenters. The normalized spacial score (nSPS) is 16.0. The molecule has 1 saturated heterocycles. The van der Waals surface area contributed by atoms with E-state index < -0.39 is 0 Å². The molecule has 0 aliphatic carbocycles. The summed E-state index contributed by atoms with van der Waals surface area (Å²) in [5.41, 5.74) is 0. The van der Waals surface area contributed by atoms with Gasteiger partial charge in [0.1, 0.15) is 0 Å². The van der Waals surface area contributed by atoms with Crippen LogP contribution in [0.5, 0.6) is 0 Å². The van der Waals surface area contributed by atoms with E-state index >= 15 is 0 Å². The van der Waals surface area contributed by atoms with Crippen molar-refractivity contribution in [2.75, 3.05) is 33.2 Å². The molecule has 1 fully saturated rings. The predicted molar refractivity (Wildman–Crippen MR) is 85.0 cm³/mol. The highest BCUT2D eigenvalue weighted by molar-refractivity contribution is 5.80. The lowest BCUT2D eigenvalue weighted by Gasteiger charge is -2.31. The summed E-state index contributed by atoms with van der Waals surface area (Å²) in [5.74, 6) is 0.494. The number of piperidine rings is 1. The van der Waals surface area contributed by atoms with Crippen molar-refractivity contribution in [3.05, 3.63) is 0 Å². The van der Waals surface area contributed by atoms with Crippen molar-refractivity contribution in [1.29, 1.82) is 0 Å². The number of rotatable bonds is 9. The first-order valence-corrected chi connectivity index (χ1v) is 8.39. The summed E-state index contributed by atoms with van der Waals surface area (Å²) >= 11 is 0. The van der Waals surface area contributed by atoms with Crippen LogP contribution in [0.25, 0.3) is 0 Å². The highest BCUT2D eigenvalue weighted by Gasteiger charge is 2.26. The molecule has 1 rings (SSSR count). The minimum atomic E-state index is 0.0907. The van der Waals surface area contributed by atoms with Gasteiger partial charge in [0.2, 0.25) is 11.8 Å². The summed E-state index contributed by atoms with van der Waals surface area (Å²) in [4.78, 5) is 25.9. The van der Waals surface area contributed by atoms with Gasteiger partial charge in [-0.15, -0.1) is 0 Å². The van der Waals surface area contributed by atoms with Crippen LogP contribution in [-0.2, 0) is 9.59 Å². The van der Waals surface area contributed by atoms with E-state index in [2.05, 4.69) is 17.6 Å². The lowest BCUT2D eigenvalue weighted by Crippen LogP contribution is -2.43. The maximum Gasteiger partial charge on any atom is 0.223 e. The van der Waals surface area contributed by atoms with Gasteiger partial charge in [-0.2, -0.15) is 0 Å². The zero-order valence-electron chi connectivity index (χ0n) is 13.6. The second-order valence-corrected chi connectivity index (χ2v) is 5.86. The molecule has 0 bridgehead atoms. The highest BCUT2D eigenvalue weighted by atomic mass is 16.2. The van der Waals surface area contributed by atoms with E-state index in [1.54, 1.807) is 0 Å². The van der Waals surface area contributed by atoms with Crippen LogP contribution >= 0.6 is 0 Å². The average Bonchev–Trinajstić information content (AvgIpc) is 2.51. The van der Waals surface area contributed by atoms with Crippen LogP contribution in [-0.4, -0.2) is 49.9 Å². The van der Waals surface area contributed by atoms with Crippen molar-refractivity contribution in [2.45, 2.75) is 51.9 Å². The van der Waals surface area contributed by atoms with Gasteiger partial charge < -0.3 is 15.5 Å². The monoisotopic (exact) mass is 297 g/mol. The largest absolute Gasteiger partial charge is 0.356 e. The number of nitrogens with zero attached hydrogens (tertiary/aromatic N) is 1. The third-order valence-corrected chi connectivity index (χ3v) is 4.12. The van der Waals surface area contributed by atoms with E-state index in [0.29, 0.717) is 6.42 Å². The zero-order valence-corrected chi connectivity index (χ0v) is 13.6. The van der Waals surface area contributed by atoms with Crippen molar-refractivity contribution < 1.29 is 9.59 Å². The third kappa shape index (κ3) is 6.93. The van der Waals surface area contributed by atoms with Gasteiger partial charge in [0.15, 0.2) is 0 Å². The van der Waals surface area contributed by atoms with Crippen molar-refractivity contribution in [3.63, 3.8) is 0 Å². The fourth-order valence-corrected chi connectivity index (χ4v) is 2.70. The number of hydrogen-bond acceptors (Lipinski definition) is 3. The number of unbranched alkanes of at least 4 members (excludes halogenated alkanes) is 2. The Kier molecular flexibility index (Phi) is 9.06. The standard InChI is InChI=1S/C16H31N3O2/c1-3-4-5-11-18-16(21)14-8-12-19(13-9-14)15(20)7-6-10-17-2/h14,17H,3-13H2,1-2H3,(H,18,21). The zero-order chi connectivity index (χ0) is 15.5. The van der Waals surface area contributed by atoms with Crippen molar-refractivity contribution >= 4 is 11.8 Å². The summed E-state index contributed by atoms with van der Waals surface area (Å²) in [5, 5.41) is 6.08. The fraction of sp³-hybridized carbons (Fsp3) is 0.875. The molecule has 1 aliphatic rings. The molecule has 0 aromatic carbocycles. The SMILES string of the molecule is CCCCCNC(=O)C1CCN(C(=O)CCCNC)CC1. The van der Waals surface area contributed by atoms with Gasteiger partial charge in [0.05, 0.1) is 0 Å². The minimum absolute atomic E-state index is 0.0907. The van der Waals surface area contributed by atoms with Gasteiger partial charge in [-0.05, 0) is 39.3 Å². The molecule has 21 heavy (non-hydrogen) atoms. The first-order valence-electron chi connectivity index (χ1n) is 8.39. The summed E-state index contributed by atoms with van der Waals surface area (Å²) in [7, 11) is 1.90. The van der Waals surface area contributed by atoms with Gasteiger partial charge in [0, 0.05) is 32.0 Å². The molecule has 1 aliphatic heterocycles. The van der Waals surface area contributed by atoms with Gasteiger partial charge in [0.25, 0.3) is 0 Å². The predicted octanol–water partition coefficient (Wildman–Crippen LogP) is 1.53. The quantitative estimate of drug-likeness (QED) is 0.635. The number of amides is 2. The molecule has 0 radical (unpaired) electrons. The molecule has 0 saturated carbocycles. The van der Waals surface area contributed by atoms with Crippen LogP contribution in [0.4, 0.5) is 0 Å². The second kappa shape index (κ2) is 10.6. The summed E-state index contributed by atoms with van der Waals surface area (Å²) in [6.07, 6.45) is 6.49. The molecule has 0 spiro atoms. The Morgan fingerprint density at radius 1 is 1.10 bits per heavy atom. The summed E-state index contributed by atoms with van der Waals surface area (Å²) < 4.78 is 0. The van der Waals surface area contributed by atoms with Gasteiger partial charge in [-0.3, -0.25) is 9.59 Å². The molecular formula is C16H31N3O2. The van der Waals surface area contributed by atoms with Crippen LogP contribution in [0.3, 0.4) is 0 Å². The second-order valence-electron chi connectivity index (χ2n) is 5.86. The first-order chi connectivity index (χ1) is 10.2. The Bertz CT molecular complexity index is 313. The van der Waals surface area contributed by atoms with Crippen molar-refractivity contribution in [2.24, 2.45) is 5.92 Å². The molecule has 0 unspecified atom stereocenters. The summed E-state index contributed by atoms with van der Waals surface area (Å²) in [6, 6.07) is 0. The maximum absolute atomic E-state index is 12.0. The van der Waals surface area contributed by atoms with Crippen molar-refractivity contribution in [1.82, 2.24) is 15.5 Å². The lowest BCUT2D eigenvalue weighted by atomic mass is 9.95. The maximum atomic E-state index is 12.0.